The smallest absolute Gasteiger partial charge is 0.320 e. The summed E-state index contributed by atoms with van der Waals surface area (Å²) in [5.41, 5.74) is 1.13. The van der Waals surface area contributed by atoms with Gasteiger partial charge >= 0.3 is 5.97 Å². The van der Waals surface area contributed by atoms with E-state index in [9.17, 15) is 9.90 Å². The number of ether oxygens (including phenoxy) is 1. The molecule has 1 atom stereocenters. The molecule has 1 fully saturated rings. The summed E-state index contributed by atoms with van der Waals surface area (Å²) in [6.07, 6.45) is 4.86. The van der Waals surface area contributed by atoms with Gasteiger partial charge in [0.25, 0.3) is 0 Å². The van der Waals surface area contributed by atoms with Gasteiger partial charge in [-0.15, -0.1) is 0 Å². The van der Waals surface area contributed by atoms with Crippen LogP contribution in [0.15, 0.2) is 24.5 Å². The van der Waals surface area contributed by atoms with Crippen molar-refractivity contribution in [3.63, 3.8) is 0 Å². The van der Waals surface area contributed by atoms with Gasteiger partial charge in [-0.1, -0.05) is 0 Å². The molecule has 0 saturated carbocycles. The molecule has 1 aliphatic heterocycles. The summed E-state index contributed by atoms with van der Waals surface area (Å²) in [6, 6.07) is 3.44. The first-order chi connectivity index (χ1) is 8.77. The molecular formula is C13H18N2O3. The van der Waals surface area contributed by atoms with Crippen molar-refractivity contribution in [2.75, 3.05) is 26.3 Å². The SMILES string of the molecule is O=C(O)C(CCc1ccncc1)N1CCOCC1. The van der Waals surface area contributed by atoms with Crippen molar-refractivity contribution in [1.82, 2.24) is 9.88 Å². The van der Waals surface area contributed by atoms with E-state index in [2.05, 4.69) is 4.98 Å². The Labute approximate surface area is 106 Å². The summed E-state index contributed by atoms with van der Waals surface area (Å²) in [5, 5.41) is 9.31. The molecule has 1 saturated heterocycles. The molecule has 2 rings (SSSR count). The number of pyridine rings is 1. The average molecular weight is 250 g/mol. The third-order valence-corrected chi connectivity index (χ3v) is 3.23. The van der Waals surface area contributed by atoms with E-state index in [1.54, 1.807) is 12.4 Å². The fourth-order valence-corrected chi connectivity index (χ4v) is 2.20. The van der Waals surface area contributed by atoms with Crippen LogP contribution in [0.25, 0.3) is 0 Å². The zero-order chi connectivity index (χ0) is 12.8. The number of carboxylic acid groups (broad SMARTS) is 1. The molecule has 0 amide bonds. The van der Waals surface area contributed by atoms with Gasteiger partial charge < -0.3 is 9.84 Å². The van der Waals surface area contributed by atoms with Crippen LogP contribution in [0.1, 0.15) is 12.0 Å². The predicted molar refractivity (Wildman–Crippen MR) is 66.4 cm³/mol. The van der Waals surface area contributed by atoms with Crippen molar-refractivity contribution in [1.29, 1.82) is 0 Å². The number of carbonyl (C=O) groups is 1. The summed E-state index contributed by atoms with van der Waals surface area (Å²) >= 11 is 0. The number of morpholine rings is 1. The van der Waals surface area contributed by atoms with Crippen LogP contribution in [0, 0.1) is 0 Å². The highest BCUT2D eigenvalue weighted by Crippen LogP contribution is 2.12. The minimum Gasteiger partial charge on any atom is -0.480 e. The van der Waals surface area contributed by atoms with Crippen molar-refractivity contribution in [2.24, 2.45) is 0 Å². The first-order valence-corrected chi connectivity index (χ1v) is 6.21. The molecule has 1 aliphatic rings. The van der Waals surface area contributed by atoms with Crippen molar-refractivity contribution < 1.29 is 14.6 Å². The largest absolute Gasteiger partial charge is 0.480 e. The van der Waals surface area contributed by atoms with E-state index in [0.29, 0.717) is 32.7 Å². The third kappa shape index (κ3) is 3.51. The number of aliphatic carboxylic acids is 1. The average Bonchev–Trinajstić information content (AvgIpc) is 2.41. The molecule has 0 aliphatic carbocycles. The maximum Gasteiger partial charge on any atom is 0.320 e. The van der Waals surface area contributed by atoms with Crippen LogP contribution in [-0.2, 0) is 16.0 Å². The minimum absolute atomic E-state index is 0.415. The quantitative estimate of drug-likeness (QED) is 0.837. The van der Waals surface area contributed by atoms with E-state index >= 15 is 0 Å². The molecule has 1 aromatic rings. The summed E-state index contributed by atoms with van der Waals surface area (Å²) < 4.78 is 5.25. The van der Waals surface area contributed by atoms with Gasteiger partial charge in [-0.25, -0.2) is 0 Å². The van der Waals surface area contributed by atoms with E-state index in [1.807, 2.05) is 17.0 Å². The highest BCUT2D eigenvalue weighted by Gasteiger charge is 2.26. The molecule has 0 aromatic carbocycles. The second-order valence-electron chi connectivity index (χ2n) is 4.40. The van der Waals surface area contributed by atoms with Gasteiger partial charge in [-0.05, 0) is 30.5 Å². The van der Waals surface area contributed by atoms with Crippen LogP contribution in [0.2, 0.25) is 0 Å². The Balaban J connectivity index is 1.92. The molecule has 1 aromatic heterocycles. The van der Waals surface area contributed by atoms with E-state index in [0.717, 1.165) is 12.0 Å². The number of hydrogen-bond donors (Lipinski definition) is 1. The van der Waals surface area contributed by atoms with E-state index in [4.69, 9.17) is 4.74 Å². The van der Waals surface area contributed by atoms with Gasteiger partial charge in [0.05, 0.1) is 13.2 Å². The molecule has 0 spiro atoms. The summed E-state index contributed by atoms with van der Waals surface area (Å²) in [6.45, 7) is 2.65. The highest BCUT2D eigenvalue weighted by atomic mass is 16.5. The Morgan fingerprint density at radius 2 is 2.06 bits per heavy atom. The molecule has 5 nitrogen and oxygen atoms in total. The second-order valence-corrected chi connectivity index (χ2v) is 4.40. The van der Waals surface area contributed by atoms with Crippen molar-refractivity contribution >= 4 is 5.97 Å². The van der Waals surface area contributed by atoms with Crippen LogP contribution >= 0.6 is 0 Å². The Kier molecular flexibility index (Phi) is 4.66. The Hall–Kier alpha value is -1.46. The number of aryl methyl sites for hydroxylation is 1. The summed E-state index contributed by atoms with van der Waals surface area (Å²) in [4.78, 5) is 17.3. The Bertz CT molecular complexity index is 377. The zero-order valence-electron chi connectivity index (χ0n) is 10.3. The molecule has 1 unspecified atom stereocenters. The topological polar surface area (TPSA) is 62.7 Å². The zero-order valence-corrected chi connectivity index (χ0v) is 10.3. The fraction of sp³-hybridized carbons (Fsp3) is 0.538. The van der Waals surface area contributed by atoms with Crippen LogP contribution in [-0.4, -0.2) is 53.3 Å². The predicted octanol–water partition coefficient (Wildman–Crippen LogP) is 0.800. The summed E-state index contributed by atoms with van der Waals surface area (Å²) in [7, 11) is 0. The monoisotopic (exact) mass is 250 g/mol. The van der Waals surface area contributed by atoms with Gasteiger partial charge in [0, 0.05) is 25.5 Å². The van der Waals surface area contributed by atoms with Crippen LogP contribution in [0.5, 0.6) is 0 Å². The van der Waals surface area contributed by atoms with Gasteiger partial charge in [-0.3, -0.25) is 14.7 Å². The normalized spacial score (nSPS) is 18.4. The number of aromatic nitrogens is 1. The molecular weight excluding hydrogens is 232 g/mol. The number of hydrogen-bond acceptors (Lipinski definition) is 4. The van der Waals surface area contributed by atoms with Crippen molar-refractivity contribution in [3.8, 4) is 0 Å². The fourth-order valence-electron chi connectivity index (χ4n) is 2.20. The standard InChI is InChI=1S/C13H18N2O3/c16-13(17)12(15-7-9-18-10-8-15)2-1-11-3-5-14-6-4-11/h3-6,12H,1-2,7-10H2,(H,16,17). The molecule has 0 radical (unpaired) electrons. The maximum absolute atomic E-state index is 11.3. The van der Waals surface area contributed by atoms with Crippen LogP contribution < -0.4 is 0 Å². The molecule has 5 heteroatoms. The van der Waals surface area contributed by atoms with Gasteiger partial charge in [0.1, 0.15) is 6.04 Å². The Morgan fingerprint density at radius 3 is 2.67 bits per heavy atom. The highest BCUT2D eigenvalue weighted by molar-refractivity contribution is 5.73. The summed E-state index contributed by atoms with van der Waals surface area (Å²) in [5.74, 6) is -0.744. The van der Waals surface area contributed by atoms with Crippen molar-refractivity contribution in [2.45, 2.75) is 18.9 Å². The number of nitrogens with zero attached hydrogens (tertiary/aromatic N) is 2. The lowest BCUT2D eigenvalue weighted by Crippen LogP contribution is -2.47. The lowest BCUT2D eigenvalue weighted by atomic mass is 10.0. The third-order valence-electron chi connectivity index (χ3n) is 3.23. The lowest BCUT2D eigenvalue weighted by molar-refractivity contribution is -0.145. The molecule has 2 heterocycles. The second kappa shape index (κ2) is 6.47. The van der Waals surface area contributed by atoms with Gasteiger partial charge in [0.2, 0.25) is 0 Å². The van der Waals surface area contributed by atoms with E-state index in [1.165, 1.54) is 0 Å². The number of rotatable bonds is 5. The minimum atomic E-state index is -0.744. The first-order valence-electron chi connectivity index (χ1n) is 6.21. The lowest BCUT2D eigenvalue weighted by Gasteiger charge is -2.31. The maximum atomic E-state index is 11.3. The van der Waals surface area contributed by atoms with Gasteiger partial charge in [0.15, 0.2) is 0 Å². The van der Waals surface area contributed by atoms with Crippen molar-refractivity contribution in [3.05, 3.63) is 30.1 Å². The molecule has 0 bridgehead atoms. The van der Waals surface area contributed by atoms with Gasteiger partial charge in [-0.2, -0.15) is 0 Å². The molecule has 1 N–H and O–H groups in total. The number of carboxylic acids is 1. The first kappa shape index (κ1) is 13.0. The van der Waals surface area contributed by atoms with Crippen LogP contribution in [0.4, 0.5) is 0 Å². The van der Waals surface area contributed by atoms with Crippen LogP contribution in [0.3, 0.4) is 0 Å². The Morgan fingerprint density at radius 1 is 1.39 bits per heavy atom. The molecule has 98 valence electrons. The van der Waals surface area contributed by atoms with E-state index < -0.39 is 12.0 Å². The van der Waals surface area contributed by atoms with E-state index in [-0.39, 0.29) is 0 Å². The molecule has 18 heavy (non-hydrogen) atoms.